The van der Waals surface area contributed by atoms with E-state index in [9.17, 15) is 9.59 Å². The van der Waals surface area contributed by atoms with Crippen molar-refractivity contribution in [2.75, 3.05) is 33.8 Å². The first-order chi connectivity index (χ1) is 14.0. The van der Waals surface area contributed by atoms with Crippen LogP contribution in [-0.2, 0) is 9.53 Å². The summed E-state index contributed by atoms with van der Waals surface area (Å²) in [6.45, 7) is 1.82. The summed E-state index contributed by atoms with van der Waals surface area (Å²) in [6.07, 6.45) is -0.361. The number of esters is 1. The zero-order valence-electron chi connectivity index (χ0n) is 17.1. The number of benzene rings is 2. The molecule has 1 amide bonds. The second-order valence-corrected chi connectivity index (χ2v) is 5.92. The molecule has 0 bridgehead atoms. The lowest BCUT2D eigenvalue weighted by atomic mass is 10.1. The van der Waals surface area contributed by atoms with Gasteiger partial charge in [0, 0.05) is 12.1 Å². The first kappa shape index (κ1) is 21.9. The highest BCUT2D eigenvalue weighted by atomic mass is 16.5. The van der Waals surface area contributed by atoms with E-state index < -0.39 is 18.0 Å². The Labute approximate surface area is 169 Å². The van der Waals surface area contributed by atoms with Gasteiger partial charge in [-0.15, -0.1) is 0 Å². The monoisotopic (exact) mass is 403 g/mol. The van der Waals surface area contributed by atoms with E-state index in [0.29, 0.717) is 29.4 Å². The maximum absolute atomic E-state index is 12.8. The normalized spacial score (nSPS) is 11.2. The summed E-state index contributed by atoms with van der Waals surface area (Å²) in [4.78, 5) is 25.0. The van der Waals surface area contributed by atoms with Crippen LogP contribution in [0.3, 0.4) is 0 Å². The summed E-state index contributed by atoms with van der Waals surface area (Å²) >= 11 is 0. The molecule has 2 aromatic rings. The van der Waals surface area contributed by atoms with Crippen molar-refractivity contribution in [1.29, 1.82) is 0 Å². The fraction of sp³-hybridized carbons (Fsp3) is 0.333. The molecule has 2 aromatic carbocycles. The van der Waals surface area contributed by atoms with Crippen molar-refractivity contribution in [2.45, 2.75) is 19.4 Å². The predicted octanol–water partition coefficient (Wildman–Crippen LogP) is 3.30. The Morgan fingerprint density at radius 2 is 1.48 bits per heavy atom. The van der Waals surface area contributed by atoms with Gasteiger partial charge in [-0.3, -0.25) is 4.79 Å². The number of ether oxygens (including phenoxy) is 5. The first-order valence-electron chi connectivity index (χ1n) is 8.93. The van der Waals surface area contributed by atoms with Gasteiger partial charge in [0.1, 0.15) is 11.5 Å². The Bertz CT molecular complexity index is 849. The summed E-state index contributed by atoms with van der Waals surface area (Å²) in [6, 6.07) is 9.86. The fourth-order valence-electron chi connectivity index (χ4n) is 2.62. The predicted molar refractivity (Wildman–Crippen MR) is 107 cm³/mol. The molecular formula is C21H25NO7. The number of carbonyl (C=O) groups is 2. The minimum absolute atomic E-state index is 0.137. The molecule has 0 fully saturated rings. The second-order valence-electron chi connectivity index (χ2n) is 5.92. The third-order valence-corrected chi connectivity index (χ3v) is 4.19. The van der Waals surface area contributed by atoms with Gasteiger partial charge < -0.3 is 29.0 Å². The smallest absolute Gasteiger partial charge is 0.340 e. The molecule has 0 heterocycles. The maximum Gasteiger partial charge on any atom is 0.340 e. The molecule has 0 spiro atoms. The highest BCUT2D eigenvalue weighted by molar-refractivity contribution is 6.03. The molecule has 1 atom stereocenters. The van der Waals surface area contributed by atoms with Crippen molar-refractivity contribution in [3.05, 3.63) is 42.0 Å². The summed E-state index contributed by atoms with van der Waals surface area (Å²) in [7, 11) is 5.74. The molecule has 0 aliphatic carbocycles. The average Bonchev–Trinajstić information content (AvgIpc) is 2.76. The zero-order valence-corrected chi connectivity index (χ0v) is 17.1. The van der Waals surface area contributed by atoms with Crippen LogP contribution >= 0.6 is 0 Å². The Morgan fingerprint density at radius 1 is 0.897 bits per heavy atom. The number of methoxy groups -OCH3 is 4. The van der Waals surface area contributed by atoms with E-state index >= 15 is 0 Å². The number of nitrogens with one attached hydrogen (secondary N) is 1. The molecule has 1 N–H and O–H groups in total. The summed E-state index contributed by atoms with van der Waals surface area (Å²) in [5, 5.41) is 2.72. The highest BCUT2D eigenvalue weighted by Crippen LogP contribution is 2.34. The van der Waals surface area contributed by atoms with Gasteiger partial charge in [-0.25, -0.2) is 4.79 Å². The van der Waals surface area contributed by atoms with Gasteiger partial charge in [-0.05, 0) is 30.7 Å². The van der Waals surface area contributed by atoms with E-state index in [0.717, 1.165) is 0 Å². The van der Waals surface area contributed by atoms with Gasteiger partial charge in [-0.1, -0.05) is 6.92 Å². The summed E-state index contributed by atoms with van der Waals surface area (Å²) < 4.78 is 26.2. The maximum atomic E-state index is 12.8. The van der Waals surface area contributed by atoms with Crippen molar-refractivity contribution >= 4 is 17.6 Å². The van der Waals surface area contributed by atoms with Crippen molar-refractivity contribution in [3.63, 3.8) is 0 Å². The van der Waals surface area contributed by atoms with E-state index in [1.165, 1.54) is 33.5 Å². The first-order valence-corrected chi connectivity index (χ1v) is 8.93. The molecule has 29 heavy (non-hydrogen) atoms. The molecular weight excluding hydrogens is 378 g/mol. The lowest BCUT2D eigenvalue weighted by Crippen LogP contribution is -2.33. The molecule has 0 unspecified atom stereocenters. The number of anilines is 1. The van der Waals surface area contributed by atoms with Crippen molar-refractivity contribution in [1.82, 2.24) is 0 Å². The van der Waals surface area contributed by atoms with Gasteiger partial charge in [-0.2, -0.15) is 0 Å². The van der Waals surface area contributed by atoms with Crippen molar-refractivity contribution in [2.24, 2.45) is 0 Å². The molecule has 8 heteroatoms. The Balaban J connectivity index is 2.27. The number of hydrogen-bond donors (Lipinski definition) is 1. The Morgan fingerprint density at radius 3 is 2.00 bits per heavy atom. The van der Waals surface area contributed by atoms with Crippen LogP contribution in [0.5, 0.6) is 23.0 Å². The molecule has 0 aromatic heterocycles. The van der Waals surface area contributed by atoms with Crippen LogP contribution in [0.25, 0.3) is 0 Å². The van der Waals surface area contributed by atoms with Gasteiger partial charge in [0.15, 0.2) is 17.6 Å². The zero-order chi connectivity index (χ0) is 21.4. The second kappa shape index (κ2) is 10.2. The van der Waals surface area contributed by atoms with E-state index in [4.69, 9.17) is 23.7 Å². The number of hydrogen-bond acceptors (Lipinski definition) is 7. The minimum Gasteiger partial charge on any atom is -0.497 e. The van der Waals surface area contributed by atoms with Crippen LogP contribution < -0.4 is 24.3 Å². The SMILES string of the molecule is CC[C@@H](Oc1ccc(OC)cc1)C(=O)Nc1cc(OC)c(OC)cc1C(=O)OC. The van der Waals surface area contributed by atoms with Crippen LogP contribution in [0, 0.1) is 0 Å². The van der Waals surface area contributed by atoms with Crippen molar-refractivity contribution in [3.8, 4) is 23.0 Å². The van der Waals surface area contributed by atoms with E-state index in [-0.39, 0.29) is 11.3 Å². The number of amides is 1. The molecule has 0 saturated heterocycles. The lowest BCUT2D eigenvalue weighted by molar-refractivity contribution is -0.122. The standard InChI is InChI=1S/C21H25NO7/c1-6-17(29-14-9-7-13(25-2)8-10-14)20(23)22-16-12-19(27-4)18(26-3)11-15(16)21(24)28-5/h7-12,17H,6H2,1-5H3,(H,22,23)/t17-/m1/s1. The van der Waals surface area contributed by atoms with E-state index in [1.807, 2.05) is 6.92 Å². The van der Waals surface area contributed by atoms with Gasteiger partial charge >= 0.3 is 5.97 Å². The third-order valence-electron chi connectivity index (χ3n) is 4.19. The Hall–Kier alpha value is -3.42. The number of carbonyl (C=O) groups excluding carboxylic acids is 2. The largest absolute Gasteiger partial charge is 0.497 e. The van der Waals surface area contributed by atoms with Crippen LogP contribution in [0.15, 0.2) is 36.4 Å². The molecule has 0 radical (unpaired) electrons. The Kier molecular flexibility index (Phi) is 7.70. The topological polar surface area (TPSA) is 92.3 Å². The number of rotatable bonds is 9. The third kappa shape index (κ3) is 5.31. The minimum atomic E-state index is -0.776. The summed E-state index contributed by atoms with van der Waals surface area (Å²) in [5.41, 5.74) is 0.370. The molecule has 0 aliphatic heterocycles. The molecule has 8 nitrogen and oxygen atoms in total. The van der Waals surface area contributed by atoms with Crippen LogP contribution in [-0.4, -0.2) is 46.4 Å². The highest BCUT2D eigenvalue weighted by Gasteiger charge is 2.23. The molecule has 156 valence electrons. The van der Waals surface area contributed by atoms with Crippen LogP contribution in [0.1, 0.15) is 23.7 Å². The van der Waals surface area contributed by atoms with E-state index in [1.54, 1.807) is 31.4 Å². The van der Waals surface area contributed by atoms with Gasteiger partial charge in [0.05, 0.1) is 39.7 Å². The van der Waals surface area contributed by atoms with Crippen LogP contribution in [0.2, 0.25) is 0 Å². The van der Waals surface area contributed by atoms with Crippen LogP contribution in [0.4, 0.5) is 5.69 Å². The van der Waals surface area contributed by atoms with Crippen molar-refractivity contribution < 1.29 is 33.3 Å². The van der Waals surface area contributed by atoms with Gasteiger partial charge in [0.2, 0.25) is 0 Å². The molecule has 0 saturated carbocycles. The quantitative estimate of drug-likeness (QED) is 0.642. The lowest BCUT2D eigenvalue weighted by Gasteiger charge is -2.19. The fourth-order valence-corrected chi connectivity index (χ4v) is 2.62. The summed E-state index contributed by atoms with van der Waals surface area (Å²) in [5.74, 6) is 0.870. The van der Waals surface area contributed by atoms with Gasteiger partial charge in [0.25, 0.3) is 5.91 Å². The average molecular weight is 403 g/mol. The van der Waals surface area contributed by atoms with E-state index in [2.05, 4.69) is 5.32 Å². The molecule has 0 aliphatic rings. The molecule has 2 rings (SSSR count).